The highest BCUT2D eigenvalue weighted by Gasteiger charge is 2.44. The maximum atomic E-state index is 10.8. The average molecular weight is 439 g/mol. The van der Waals surface area contributed by atoms with Gasteiger partial charge in [-0.15, -0.1) is 0 Å². The van der Waals surface area contributed by atoms with Gasteiger partial charge in [-0.2, -0.15) is 0 Å². The lowest BCUT2D eigenvalue weighted by molar-refractivity contribution is -0.120. The molecule has 0 spiro atoms. The summed E-state index contributed by atoms with van der Waals surface area (Å²) < 4.78 is 9.60. The van der Waals surface area contributed by atoms with Gasteiger partial charge in [0.15, 0.2) is 0 Å². The SMILES string of the molecule is O=COc1ccc(CC[Si](O)(O)O[Si](O)(O)CCc2ccc(C(=O)O)cc2)cc1. The number of ether oxygens (including phenoxy) is 1. The fourth-order valence-corrected chi connectivity index (χ4v) is 6.72. The average Bonchev–Trinajstić information content (AvgIpc) is 2.66. The number of carbonyl (C=O) groups is 2. The second kappa shape index (κ2) is 9.89. The van der Waals surface area contributed by atoms with Gasteiger partial charge in [-0.3, -0.25) is 4.79 Å². The Kier molecular flexibility index (Phi) is 7.81. The maximum Gasteiger partial charge on any atom is 0.488 e. The Labute approximate surface area is 169 Å². The van der Waals surface area contributed by atoms with E-state index in [0.717, 1.165) is 5.56 Å². The molecule has 0 heterocycles. The van der Waals surface area contributed by atoms with E-state index in [-0.39, 0.29) is 30.5 Å². The monoisotopic (exact) mass is 438 g/mol. The molecule has 5 N–H and O–H groups in total. The number of carboxylic acid groups (broad SMARTS) is 1. The van der Waals surface area contributed by atoms with Crippen LogP contribution in [0.3, 0.4) is 0 Å². The number of carboxylic acids is 1. The lowest BCUT2D eigenvalue weighted by atomic mass is 10.1. The van der Waals surface area contributed by atoms with Crippen LogP contribution in [0, 0.1) is 0 Å². The maximum absolute atomic E-state index is 10.8. The van der Waals surface area contributed by atoms with Gasteiger partial charge in [0.25, 0.3) is 6.47 Å². The van der Waals surface area contributed by atoms with Crippen LogP contribution in [0.5, 0.6) is 5.75 Å². The van der Waals surface area contributed by atoms with Crippen molar-refractivity contribution in [2.45, 2.75) is 24.9 Å². The molecule has 11 heteroatoms. The Bertz CT molecular complexity index is 820. The number of aromatic carboxylic acids is 1. The van der Waals surface area contributed by atoms with Crippen molar-refractivity contribution < 1.29 is 42.7 Å². The van der Waals surface area contributed by atoms with Crippen molar-refractivity contribution in [3.8, 4) is 5.75 Å². The van der Waals surface area contributed by atoms with Gasteiger partial charge in [-0.05, 0) is 48.2 Å². The third-order valence-corrected chi connectivity index (χ3v) is 8.53. The highest BCUT2D eigenvalue weighted by atomic mass is 28.5. The lowest BCUT2D eigenvalue weighted by Gasteiger charge is -2.26. The summed E-state index contributed by atoms with van der Waals surface area (Å²) >= 11 is 0. The molecule has 2 rings (SSSR count). The van der Waals surface area contributed by atoms with Crippen LogP contribution in [-0.2, 0) is 21.8 Å². The highest BCUT2D eigenvalue weighted by Crippen LogP contribution is 2.20. The minimum atomic E-state index is -4.33. The number of hydrogen-bond acceptors (Lipinski definition) is 8. The van der Waals surface area contributed by atoms with Crippen molar-refractivity contribution in [1.82, 2.24) is 0 Å². The number of carbonyl (C=O) groups excluding carboxylic acids is 1. The zero-order valence-corrected chi connectivity index (χ0v) is 17.4. The lowest BCUT2D eigenvalue weighted by Crippen LogP contribution is -2.53. The zero-order chi connectivity index (χ0) is 21.5. The molecule has 9 nitrogen and oxygen atoms in total. The van der Waals surface area contributed by atoms with Crippen molar-refractivity contribution in [2.75, 3.05) is 0 Å². The van der Waals surface area contributed by atoms with Gasteiger partial charge in [0.05, 0.1) is 5.56 Å². The van der Waals surface area contributed by atoms with Gasteiger partial charge in [-0.25, -0.2) is 4.79 Å². The second-order valence-corrected chi connectivity index (χ2v) is 11.2. The third kappa shape index (κ3) is 7.87. The first-order chi connectivity index (χ1) is 13.6. The Morgan fingerprint density at radius 2 is 1.28 bits per heavy atom. The van der Waals surface area contributed by atoms with Crippen molar-refractivity contribution in [3.05, 3.63) is 65.2 Å². The second-order valence-electron chi connectivity index (χ2n) is 6.45. The smallest absolute Gasteiger partial charge is 0.478 e. The Hall–Kier alpha value is -2.39. The van der Waals surface area contributed by atoms with Gasteiger partial charge >= 0.3 is 23.6 Å². The molecule has 0 radical (unpaired) electrons. The molecule has 0 amide bonds. The Morgan fingerprint density at radius 1 is 0.828 bits per heavy atom. The van der Waals surface area contributed by atoms with Gasteiger partial charge in [0, 0.05) is 12.1 Å². The molecule has 2 aromatic rings. The summed E-state index contributed by atoms with van der Waals surface area (Å²) in [5.74, 6) is -0.708. The predicted octanol–water partition coefficient (Wildman–Crippen LogP) is 0.569. The van der Waals surface area contributed by atoms with Crippen molar-refractivity contribution >= 4 is 30.1 Å². The fraction of sp³-hybridized carbons (Fsp3) is 0.222. The summed E-state index contributed by atoms with van der Waals surface area (Å²) in [6.07, 6.45) is 0.406. The van der Waals surface area contributed by atoms with Gasteiger partial charge in [0.1, 0.15) is 5.75 Å². The Morgan fingerprint density at radius 3 is 1.69 bits per heavy atom. The van der Waals surface area contributed by atoms with Gasteiger partial charge < -0.3 is 33.1 Å². The fourth-order valence-electron chi connectivity index (χ4n) is 2.58. The van der Waals surface area contributed by atoms with E-state index in [9.17, 15) is 28.8 Å². The van der Waals surface area contributed by atoms with E-state index in [1.807, 2.05) is 0 Å². The molecule has 0 aliphatic heterocycles. The summed E-state index contributed by atoms with van der Waals surface area (Å²) in [4.78, 5) is 61.5. The van der Waals surface area contributed by atoms with Crippen molar-refractivity contribution in [3.63, 3.8) is 0 Å². The summed E-state index contributed by atoms with van der Waals surface area (Å²) in [5.41, 5.74) is 1.51. The van der Waals surface area contributed by atoms with Gasteiger partial charge in [-0.1, -0.05) is 24.3 Å². The minimum absolute atomic E-state index is 0.115. The highest BCUT2D eigenvalue weighted by molar-refractivity contribution is 6.72. The first kappa shape index (κ1) is 22.9. The zero-order valence-electron chi connectivity index (χ0n) is 15.4. The van der Waals surface area contributed by atoms with Crippen LogP contribution in [0.2, 0.25) is 12.1 Å². The molecule has 0 atom stereocenters. The Balaban J connectivity index is 1.86. The van der Waals surface area contributed by atoms with E-state index in [1.54, 1.807) is 36.4 Å². The molecular formula is C18H22O9Si2. The van der Waals surface area contributed by atoms with Crippen LogP contribution < -0.4 is 4.74 Å². The molecule has 0 bridgehead atoms. The quantitative estimate of drug-likeness (QED) is 0.250. The number of aryl methyl sites for hydroxylation is 2. The molecule has 156 valence electrons. The molecule has 0 unspecified atom stereocenters. The third-order valence-electron chi connectivity index (χ3n) is 4.11. The topological polar surface area (TPSA) is 154 Å². The standard InChI is InChI=1S/C18H22O9Si2/c19-13-26-17-7-3-15(4-8-17)10-12-29(24,25)27-28(22,23)11-9-14-1-5-16(6-2-14)18(20)21/h1-8,13,22-25H,9-12H2,(H,20,21). The summed E-state index contributed by atoms with van der Waals surface area (Å²) in [5, 5.41) is 8.87. The van der Waals surface area contributed by atoms with Crippen LogP contribution >= 0.6 is 0 Å². The molecule has 0 fully saturated rings. The van der Waals surface area contributed by atoms with E-state index >= 15 is 0 Å². The normalized spacial score (nSPS) is 11.9. The summed E-state index contributed by atoms with van der Waals surface area (Å²) in [7, 11) is -8.64. The molecule has 2 aromatic carbocycles. The van der Waals surface area contributed by atoms with E-state index in [4.69, 9.17) is 9.22 Å². The molecule has 0 aliphatic rings. The number of hydrogen-bond donors (Lipinski definition) is 5. The van der Waals surface area contributed by atoms with E-state index in [1.165, 1.54) is 12.1 Å². The predicted molar refractivity (Wildman–Crippen MR) is 105 cm³/mol. The molecule has 0 saturated carbocycles. The van der Waals surface area contributed by atoms with Crippen LogP contribution in [0.25, 0.3) is 0 Å². The van der Waals surface area contributed by atoms with E-state index < -0.39 is 23.6 Å². The summed E-state index contributed by atoms with van der Waals surface area (Å²) in [6, 6.07) is 11.9. The molecule has 0 aliphatic carbocycles. The first-order valence-corrected chi connectivity index (χ1v) is 12.7. The van der Waals surface area contributed by atoms with E-state index in [0.29, 0.717) is 17.8 Å². The number of benzene rings is 2. The molecule has 0 saturated heterocycles. The molecular weight excluding hydrogens is 416 g/mol. The number of rotatable bonds is 11. The van der Waals surface area contributed by atoms with Crippen LogP contribution in [-0.4, -0.2) is 54.3 Å². The molecule has 29 heavy (non-hydrogen) atoms. The van der Waals surface area contributed by atoms with Crippen LogP contribution in [0.4, 0.5) is 0 Å². The van der Waals surface area contributed by atoms with Gasteiger partial charge in [0.2, 0.25) is 0 Å². The van der Waals surface area contributed by atoms with Crippen molar-refractivity contribution in [2.24, 2.45) is 0 Å². The van der Waals surface area contributed by atoms with Crippen LogP contribution in [0.15, 0.2) is 48.5 Å². The van der Waals surface area contributed by atoms with Crippen LogP contribution in [0.1, 0.15) is 21.5 Å². The minimum Gasteiger partial charge on any atom is -0.478 e. The van der Waals surface area contributed by atoms with E-state index in [2.05, 4.69) is 4.74 Å². The molecule has 0 aromatic heterocycles. The summed E-state index contributed by atoms with van der Waals surface area (Å²) in [6.45, 7) is 0.301. The first-order valence-electron chi connectivity index (χ1n) is 8.71. The largest absolute Gasteiger partial charge is 0.488 e. The van der Waals surface area contributed by atoms with Crippen molar-refractivity contribution in [1.29, 1.82) is 0 Å².